The van der Waals surface area contributed by atoms with Crippen molar-refractivity contribution < 1.29 is 19.1 Å². The number of rotatable bonds is 7. The Hall–Kier alpha value is -2.15. The minimum atomic E-state index is -0.428. The summed E-state index contributed by atoms with van der Waals surface area (Å²) < 4.78 is 10.7. The van der Waals surface area contributed by atoms with Crippen molar-refractivity contribution >= 4 is 52.3 Å². The van der Waals surface area contributed by atoms with Crippen molar-refractivity contribution in [2.75, 3.05) is 19.0 Å². The topological polar surface area (TPSA) is 76.7 Å². The lowest BCUT2D eigenvalue weighted by Gasteiger charge is -2.14. The Bertz CT molecular complexity index is 888. The summed E-state index contributed by atoms with van der Waals surface area (Å²) in [6.45, 7) is 3.54. The van der Waals surface area contributed by atoms with Crippen molar-refractivity contribution in [2.24, 2.45) is 0 Å². The number of nitrogens with one attached hydrogen (secondary N) is 2. The molecule has 2 aromatic carbocycles. The van der Waals surface area contributed by atoms with Crippen LogP contribution in [-0.2, 0) is 4.79 Å². The molecule has 0 atom stereocenters. The van der Waals surface area contributed by atoms with E-state index in [0.29, 0.717) is 22.7 Å². The fourth-order valence-electron chi connectivity index (χ4n) is 2.25. The molecule has 0 radical (unpaired) electrons. The van der Waals surface area contributed by atoms with Gasteiger partial charge in [-0.1, -0.05) is 34.8 Å². The number of halogens is 3. The third-order valence-electron chi connectivity index (χ3n) is 3.49. The SMILES string of the molecule is COc1cc(C(=O)Nc2cc(Cl)c(Cl)cc2Cl)ccc1OCC(=O)NC(C)C. The third-order valence-corrected chi connectivity index (χ3v) is 4.53. The number of anilines is 1. The van der Waals surface area contributed by atoms with Crippen LogP contribution in [0.5, 0.6) is 11.5 Å². The molecule has 0 aliphatic carbocycles. The van der Waals surface area contributed by atoms with E-state index >= 15 is 0 Å². The zero-order valence-electron chi connectivity index (χ0n) is 15.4. The van der Waals surface area contributed by atoms with E-state index in [4.69, 9.17) is 44.3 Å². The van der Waals surface area contributed by atoms with E-state index in [1.165, 1.54) is 25.3 Å². The summed E-state index contributed by atoms with van der Waals surface area (Å²) in [5.41, 5.74) is 0.628. The van der Waals surface area contributed by atoms with Crippen LogP contribution in [0.15, 0.2) is 30.3 Å². The Morgan fingerprint density at radius 2 is 1.68 bits per heavy atom. The van der Waals surface area contributed by atoms with Crippen LogP contribution in [-0.4, -0.2) is 31.6 Å². The Morgan fingerprint density at radius 3 is 2.32 bits per heavy atom. The van der Waals surface area contributed by atoms with Crippen molar-refractivity contribution in [3.8, 4) is 11.5 Å². The number of benzene rings is 2. The van der Waals surface area contributed by atoms with Gasteiger partial charge in [-0.05, 0) is 44.2 Å². The zero-order valence-corrected chi connectivity index (χ0v) is 17.7. The number of hydrogen-bond acceptors (Lipinski definition) is 4. The van der Waals surface area contributed by atoms with Gasteiger partial charge in [0.05, 0.1) is 27.9 Å². The molecule has 2 N–H and O–H groups in total. The molecule has 2 amide bonds. The van der Waals surface area contributed by atoms with E-state index < -0.39 is 5.91 Å². The maximum absolute atomic E-state index is 12.5. The smallest absolute Gasteiger partial charge is 0.258 e. The molecule has 150 valence electrons. The standard InChI is InChI=1S/C19H19Cl3N2O4/c1-10(2)23-18(25)9-28-16-5-4-11(6-17(16)27-3)19(26)24-15-8-13(21)12(20)7-14(15)22/h4-8,10H,9H2,1-3H3,(H,23,25)(H,24,26). The number of carbonyl (C=O) groups is 2. The molecule has 0 aliphatic heterocycles. The average Bonchev–Trinajstić information content (AvgIpc) is 2.63. The predicted octanol–water partition coefficient (Wildman–Crippen LogP) is 4.81. The van der Waals surface area contributed by atoms with Crippen LogP contribution in [0.1, 0.15) is 24.2 Å². The first-order valence-electron chi connectivity index (χ1n) is 8.27. The van der Waals surface area contributed by atoms with E-state index in [0.717, 1.165) is 0 Å². The van der Waals surface area contributed by atoms with Gasteiger partial charge in [0.25, 0.3) is 11.8 Å². The monoisotopic (exact) mass is 444 g/mol. The van der Waals surface area contributed by atoms with Crippen molar-refractivity contribution in [1.29, 1.82) is 0 Å². The van der Waals surface area contributed by atoms with Crippen molar-refractivity contribution in [3.63, 3.8) is 0 Å². The molecule has 2 rings (SSSR count). The molecule has 9 heteroatoms. The highest BCUT2D eigenvalue weighted by atomic mass is 35.5. The van der Waals surface area contributed by atoms with Gasteiger partial charge in [-0.25, -0.2) is 0 Å². The van der Waals surface area contributed by atoms with Crippen LogP contribution in [0, 0.1) is 0 Å². The molecular weight excluding hydrogens is 427 g/mol. The van der Waals surface area contributed by atoms with Crippen LogP contribution in [0.3, 0.4) is 0 Å². The fraction of sp³-hybridized carbons (Fsp3) is 0.263. The summed E-state index contributed by atoms with van der Waals surface area (Å²) in [6.07, 6.45) is 0. The Labute approximate surface area is 178 Å². The summed E-state index contributed by atoms with van der Waals surface area (Å²) in [7, 11) is 1.44. The number of carbonyl (C=O) groups excluding carboxylic acids is 2. The molecule has 0 aromatic heterocycles. The minimum absolute atomic E-state index is 0.0114. The lowest BCUT2D eigenvalue weighted by Crippen LogP contribution is -2.34. The first-order chi connectivity index (χ1) is 13.2. The lowest BCUT2D eigenvalue weighted by molar-refractivity contribution is -0.123. The lowest BCUT2D eigenvalue weighted by atomic mass is 10.2. The highest BCUT2D eigenvalue weighted by Gasteiger charge is 2.15. The number of amides is 2. The molecule has 0 saturated carbocycles. The summed E-state index contributed by atoms with van der Waals surface area (Å²) in [5, 5.41) is 6.19. The molecule has 0 bridgehead atoms. The number of methoxy groups -OCH3 is 1. The average molecular weight is 446 g/mol. The quantitative estimate of drug-likeness (QED) is 0.600. The molecule has 2 aromatic rings. The molecule has 0 spiro atoms. The summed E-state index contributed by atoms with van der Waals surface area (Å²) in [6, 6.07) is 7.51. The van der Waals surface area contributed by atoms with E-state index in [2.05, 4.69) is 10.6 Å². The van der Waals surface area contributed by atoms with Gasteiger partial charge in [0.2, 0.25) is 0 Å². The molecule has 0 saturated heterocycles. The largest absolute Gasteiger partial charge is 0.493 e. The van der Waals surface area contributed by atoms with Crippen molar-refractivity contribution in [3.05, 3.63) is 51.0 Å². The maximum Gasteiger partial charge on any atom is 0.258 e. The molecule has 28 heavy (non-hydrogen) atoms. The van der Waals surface area contributed by atoms with Gasteiger partial charge in [0.1, 0.15) is 0 Å². The second-order valence-corrected chi connectivity index (χ2v) is 7.30. The van der Waals surface area contributed by atoms with Crippen LogP contribution in [0.25, 0.3) is 0 Å². The van der Waals surface area contributed by atoms with Crippen LogP contribution in [0.4, 0.5) is 5.69 Å². The van der Waals surface area contributed by atoms with Gasteiger partial charge < -0.3 is 20.1 Å². The van der Waals surface area contributed by atoms with Crippen LogP contribution in [0.2, 0.25) is 15.1 Å². The summed E-state index contributed by atoms with van der Waals surface area (Å²) in [5.74, 6) is -0.0356. The molecule has 0 heterocycles. The third kappa shape index (κ3) is 5.92. The normalized spacial score (nSPS) is 10.5. The van der Waals surface area contributed by atoms with E-state index in [1.807, 2.05) is 13.8 Å². The second kappa shape index (κ2) is 9.87. The summed E-state index contributed by atoms with van der Waals surface area (Å²) >= 11 is 17.9. The van der Waals surface area contributed by atoms with Crippen LogP contribution < -0.4 is 20.1 Å². The number of ether oxygens (including phenoxy) is 2. The Morgan fingerprint density at radius 1 is 1.00 bits per heavy atom. The maximum atomic E-state index is 12.5. The molecule has 6 nitrogen and oxygen atoms in total. The van der Waals surface area contributed by atoms with Gasteiger partial charge in [-0.3, -0.25) is 9.59 Å². The van der Waals surface area contributed by atoms with Gasteiger partial charge in [0, 0.05) is 11.6 Å². The van der Waals surface area contributed by atoms with Crippen molar-refractivity contribution in [1.82, 2.24) is 5.32 Å². The number of hydrogen-bond donors (Lipinski definition) is 2. The van der Waals surface area contributed by atoms with E-state index in [1.54, 1.807) is 12.1 Å². The second-order valence-electron chi connectivity index (χ2n) is 6.08. The first-order valence-corrected chi connectivity index (χ1v) is 9.40. The van der Waals surface area contributed by atoms with E-state index in [9.17, 15) is 9.59 Å². The molecule has 0 fully saturated rings. The molecular formula is C19H19Cl3N2O4. The fourth-order valence-corrected chi connectivity index (χ4v) is 2.84. The van der Waals surface area contributed by atoms with Gasteiger partial charge in [0.15, 0.2) is 18.1 Å². The Balaban J connectivity index is 2.13. The van der Waals surface area contributed by atoms with Gasteiger partial charge in [-0.2, -0.15) is 0 Å². The molecule has 0 aliphatic rings. The summed E-state index contributed by atoms with van der Waals surface area (Å²) in [4.78, 5) is 24.2. The van der Waals surface area contributed by atoms with Gasteiger partial charge in [-0.15, -0.1) is 0 Å². The highest BCUT2D eigenvalue weighted by Crippen LogP contribution is 2.33. The first kappa shape index (κ1) is 22.1. The zero-order chi connectivity index (χ0) is 20.8. The Kier molecular flexibility index (Phi) is 7.80. The van der Waals surface area contributed by atoms with Crippen LogP contribution >= 0.6 is 34.8 Å². The highest BCUT2D eigenvalue weighted by molar-refractivity contribution is 6.44. The minimum Gasteiger partial charge on any atom is -0.493 e. The van der Waals surface area contributed by atoms with E-state index in [-0.39, 0.29) is 33.6 Å². The predicted molar refractivity (Wildman–Crippen MR) is 111 cm³/mol. The molecule has 0 unspecified atom stereocenters. The van der Waals surface area contributed by atoms with Crippen molar-refractivity contribution in [2.45, 2.75) is 19.9 Å². The van der Waals surface area contributed by atoms with Gasteiger partial charge >= 0.3 is 0 Å².